The van der Waals surface area contributed by atoms with Crippen molar-refractivity contribution in [3.8, 4) is 0 Å². The fourth-order valence-electron chi connectivity index (χ4n) is 1.91. The van der Waals surface area contributed by atoms with Crippen LogP contribution in [0.3, 0.4) is 0 Å². The Hall–Kier alpha value is -2.41. The van der Waals surface area contributed by atoms with Gasteiger partial charge in [-0.05, 0) is 50.5 Å². The highest BCUT2D eigenvalue weighted by atomic mass is 16.4. The second-order valence-electron chi connectivity index (χ2n) is 5.28. The van der Waals surface area contributed by atoms with Gasteiger partial charge in [-0.15, -0.1) is 0 Å². The lowest BCUT2D eigenvalue weighted by atomic mass is 10.1. The van der Waals surface area contributed by atoms with Gasteiger partial charge in [0.15, 0.2) is 5.78 Å². The Morgan fingerprint density at radius 2 is 1.83 bits per heavy atom. The van der Waals surface area contributed by atoms with E-state index in [0.29, 0.717) is 31.4 Å². The summed E-state index contributed by atoms with van der Waals surface area (Å²) in [6, 6.07) is 6.06. The molecule has 0 fully saturated rings. The molecule has 5 N–H and O–H groups in total. The summed E-state index contributed by atoms with van der Waals surface area (Å²) >= 11 is 0. The number of nitrogens with one attached hydrogen (secondary N) is 2. The minimum Gasteiger partial charge on any atom is -0.480 e. The van der Waals surface area contributed by atoms with E-state index < -0.39 is 12.0 Å². The monoisotopic (exact) mass is 321 g/mol. The molecule has 1 aromatic carbocycles. The molecular formula is C16H23N3O4. The molecule has 126 valence electrons. The number of hydrogen-bond acceptors (Lipinski definition) is 5. The summed E-state index contributed by atoms with van der Waals surface area (Å²) < 4.78 is 0. The Bertz CT molecular complexity index is 543. The largest absolute Gasteiger partial charge is 0.480 e. The highest BCUT2D eigenvalue weighted by Crippen LogP contribution is 2.09. The van der Waals surface area contributed by atoms with Crippen LogP contribution in [0, 0.1) is 0 Å². The van der Waals surface area contributed by atoms with E-state index in [1.165, 1.54) is 6.92 Å². The van der Waals surface area contributed by atoms with Crippen LogP contribution in [0.15, 0.2) is 24.3 Å². The second-order valence-corrected chi connectivity index (χ2v) is 5.28. The maximum absolute atomic E-state index is 11.7. The Kier molecular flexibility index (Phi) is 7.76. The molecule has 0 heterocycles. The Labute approximate surface area is 135 Å². The molecule has 0 spiro atoms. The highest BCUT2D eigenvalue weighted by Gasteiger charge is 2.10. The van der Waals surface area contributed by atoms with Crippen LogP contribution in [-0.2, 0) is 9.59 Å². The predicted octanol–water partition coefficient (Wildman–Crippen LogP) is 1.000. The number of nitrogens with two attached hydrogens (primary N) is 1. The van der Waals surface area contributed by atoms with Gasteiger partial charge in [0.1, 0.15) is 6.04 Å². The molecule has 0 aliphatic carbocycles. The number of hydrogen-bond donors (Lipinski definition) is 4. The molecule has 0 aromatic heterocycles. The molecule has 0 saturated carbocycles. The number of anilines is 1. The zero-order valence-corrected chi connectivity index (χ0v) is 13.2. The molecule has 0 saturated heterocycles. The van der Waals surface area contributed by atoms with Gasteiger partial charge in [0, 0.05) is 17.8 Å². The molecule has 0 aliphatic rings. The number of carboxylic acid groups (broad SMARTS) is 1. The first-order valence-electron chi connectivity index (χ1n) is 7.50. The number of unbranched alkanes of at least 4 members (excludes halogenated alkanes) is 1. The average Bonchev–Trinajstić information content (AvgIpc) is 2.52. The standard InChI is InChI=1S/C16H23N3O4/c1-11(20)12-5-7-13(8-6-12)19-10-15(21)18-9-3-2-4-14(17)16(22)23/h5-8,14,19H,2-4,9-10,17H2,1H3,(H,18,21)(H,22,23)/t14-/m0/s1. The van der Waals surface area contributed by atoms with Crippen molar-refractivity contribution in [1.29, 1.82) is 0 Å². The van der Waals surface area contributed by atoms with Crippen LogP contribution in [0.2, 0.25) is 0 Å². The Morgan fingerprint density at radius 1 is 1.17 bits per heavy atom. The van der Waals surface area contributed by atoms with E-state index in [1.54, 1.807) is 24.3 Å². The third-order valence-corrected chi connectivity index (χ3v) is 3.33. The molecule has 0 radical (unpaired) electrons. The Morgan fingerprint density at radius 3 is 2.39 bits per heavy atom. The molecule has 7 nitrogen and oxygen atoms in total. The summed E-state index contributed by atoms with van der Waals surface area (Å²) in [6.45, 7) is 2.11. The average molecular weight is 321 g/mol. The van der Waals surface area contributed by atoms with Gasteiger partial charge in [0.2, 0.25) is 5.91 Å². The molecule has 1 rings (SSSR count). The summed E-state index contributed by atoms with van der Waals surface area (Å²) in [4.78, 5) is 33.3. The minimum absolute atomic E-state index is 0.00286. The molecule has 1 aromatic rings. The van der Waals surface area contributed by atoms with Crippen LogP contribution < -0.4 is 16.4 Å². The van der Waals surface area contributed by atoms with Crippen molar-refractivity contribution in [1.82, 2.24) is 5.32 Å². The SMILES string of the molecule is CC(=O)c1ccc(NCC(=O)NCCCC[C@H](N)C(=O)O)cc1. The summed E-state index contributed by atoms with van der Waals surface area (Å²) in [5.41, 5.74) is 6.77. The zero-order valence-electron chi connectivity index (χ0n) is 13.2. The van der Waals surface area contributed by atoms with Crippen molar-refractivity contribution in [2.75, 3.05) is 18.4 Å². The summed E-state index contributed by atoms with van der Waals surface area (Å²) in [7, 11) is 0. The van der Waals surface area contributed by atoms with Crippen molar-refractivity contribution in [2.24, 2.45) is 5.73 Å². The summed E-state index contributed by atoms with van der Waals surface area (Å²) in [5, 5.41) is 14.3. The highest BCUT2D eigenvalue weighted by molar-refractivity contribution is 5.94. The van der Waals surface area contributed by atoms with Crippen LogP contribution in [0.5, 0.6) is 0 Å². The third-order valence-electron chi connectivity index (χ3n) is 3.33. The van der Waals surface area contributed by atoms with E-state index in [4.69, 9.17) is 10.8 Å². The van der Waals surface area contributed by atoms with E-state index in [0.717, 1.165) is 5.69 Å². The van der Waals surface area contributed by atoms with Crippen LogP contribution >= 0.6 is 0 Å². The zero-order chi connectivity index (χ0) is 17.2. The van der Waals surface area contributed by atoms with Gasteiger partial charge in [-0.2, -0.15) is 0 Å². The lowest BCUT2D eigenvalue weighted by Gasteiger charge is -2.09. The normalized spacial score (nSPS) is 11.6. The van der Waals surface area contributed by atoms with E-state index in [1.807, 2.05) is 0 Å². The molecule has 7 heteroatoms. The maximum Gasteiger partial charge on any atom is 0.320 e. The van der Waals surface area contributed by atoms with Gasteiger partial charge in [-0.3, -0.25) is 14.4 Å². The number of aliphatic carboxylic acids is 1. The number of ketones is 1. The number of carboxylic acids is 1. The summed E-state index contributed by atoms with van der Waals surface area (Å²) in [5.74, 6) is -1.16. The molecule has 0 bridgehead atoms. The maximum atomic E-state index is 11.7. The molecule has 1 amide bonds. The molecule has 0 aliphatic heterocycles. The molecule has 1 atom stereocenters. The van der Waals surface area contributed by atoms with Crippen molar-refractivity contribution >= 4 is 23.3 Å². The minimum atomic E-state index is -1.01. The van der Waals surface area contributed by atoms with Crippen molar-refractivity contribution < 1.29 is 19.5 Å². The van der Waals surface area contributed by atoms with Crippen LogP contribution in [0.4, 0.5) is 5.69 Å². The number of Topliss-reactive ketones (excluding diaryl/α,β-unsaturated/α-hetero) is 1. The first-order chi connectivity index (χ1) is 10.9. The van der Waals surface area contributed by atoms with Gasteiger partial charge in [0.05, 0.1) is 6.54 Å². The predicted molar refractivity (Wildman–Crippen MR) is 87.4 cm³/mol. The van der Waals surface area contributed by atoms with E-state index in [-0.39, 0.29) is 18.2 Å². The number of benzene rings is 1. The van der Waals surface area contributed by atoms with Gasteiger partial charge in [-0.1, -0.05) is 0 Å². The van der Waals surface area contributed by atoms with E-state index in [9.17, 15) is 14.4 Å². The number of carbonyl (C=O) groups is 3. The number of carbonyl (C=O) groups excluding carboxylic acids is 2. The van der Waals surface area contributed by atoms with Gasteiger partial charge in [-0.25, -0.2) is 0 Å². The van der Waals surface area contributed by atoms with Crippen molar-refractivity contribution in [3.05, 3.63) is 29.8 Å². The van der Waals surface area contributed by atoms with Crippen molar-refractivity contribution in [3.63, 3.8) is 0 Å². The topological polar surface area (TPSA) is 122 Å². The fraction of sp³-hybridized carbons (Fsp3) is 0.438. The summed E-state index contributed by atoms with van der Waals surface area (Å²) in [6.07, 6.45) is 1.72. The second kappa shape index (κ2) is 9.58. The smallest absolute Gasteiger partial charge is 0.320 e. The van der Waals surface area contributed by atoms with Crippen LogP contribution in [0.25, 0.3) is 0 Å². The van der Waals surface area contributed by atoms with Crippen LogP contribution in [0.1, 0.15) is 36.5 Å². The van der Waals surface area contributed by atoms with Gasteiger partial charge in [0.25, 0.3) is 0 Å². The molecular weight excluding hydrogens is 298 g/mol. The third kappa shape index (κ3) is 7.42. The van der Waals surface area contributed by atoms with E-state index in [2.05, 4.69) is 10.6 Å². The lowest BCUT2D eigenvalue weighted by molar-refractivity contribution is -0.138. The van der Waals surface area contributed by atoms with Gasteiger partial charge < -0.3 is 21.5 Å². The quantitative estimate of drug-likeness (QED) is 0.377. The number of amides is 1. The van der Waals surface area contributed by atoms with Crippen molar-refractivity contribution in [2.45, 2.75) is 32.2 Å². The fourth-order valence-corrected chi connectivity index (χ4v) is 1.91. The number of rotatable bonds is 10. The molecule has 23 heavy (non-hydrogen) atoms. The first-order valence-corrected chi connectivity index (χ1v) is 7.50. The Balaban J connectivity index is 2.17. The van der Waals surface area contributed by atoms with Gasteiger partial charge >= 0.3 is 5.97 Å². The molecule has 0 unspecified atom stereocenters. The van der Waals surface area contributed by atoms with Crippen LogP contribution in [-0.4, -0.2) is 41.9 Å². The van der Waals surface area contributed by atoms with E-state index >= 15 is 0 Å². The lowest BCUT2D eigenvalue weighted by Crippen LogP contribution is -2.32. The first kappa shape index (κ1) is 18.6.